The Morgan fingerprint density at radius 2 is 1.22 bits per heavy atom. The summed E-state index contributed by atoms with van der Waals surface area (Å²) in [6, 6.07) is 33.9. The molecule has 0 N–H and O–H groups in total. The van der Waals surface area contributed by atoms with Crippen LogP contribution in [0.2, 0.25) is 0 Å². The Balaban J connectivity index is 1.55. The Kier molecular flexibility index (Phi) is 8.79. The molecule has 41 heavy (non-hydrogen) atoms. The maximum absolute atomic E-state index is 14.4. The van der Waals surface area contributed by atoms with E-state index in [0.29, 0.717) is 41.6 Å². The number of amides is 1. The first-order valence-electron chi connectivity index (χ1n) is 13.7. The lowest BCUT2D eigenvalue weighted by Crippen LogP contribution is -2.35. The molecule has 0 saturated carbocycles. The zero-order valence-corrected chi connectivity index (χ0v) is 23.7. The summed E-state index contributed by atoms with van der Waals surface area (Å²) in [7, 11) is 4.74. The van der Waals surface area contributed by atoms with Crippen molar-refractivity contribution in [3.05, 3.63) is 120 Å². The first kappa shape index (κ1) is 27.7. The number of rotatable bonds is 11. The van der Waals surface area contributed by atoms with Crippen molar-refractivity contribution in [2.45, 2.75) is 12.8 Å². The van der Waals surface area contributed by atoms with E-state index >= 15 is 0 Å². The monoisotopic (exact) mass is 546 g/mol. The fourth-order valence-electron chi connectivity index (χ4n) is 5.03. The van der Waals surface area contributed by atoms with E-state index in [4.69, 9.17) is 19.2 Å². The first-order valence-corrected chi connectivity index (χ1v) is 13.7. The van der Waals surface area contributed by atoms with Crippen molar-refractivity contribution in [1.29, 1.82) is 0 Å². The number of hydrogen-bond acceptors (Lipinski definition) is 5. The molecule has 5 aromatic rings. The van der Waals surface area contributed by atoms with Crippen LogP contribution in [-0.2, 0) is 12.8 Å². The third-order valence-corrected chi connectivity index (χ3v) is 7.22. The highest BCUT2D eigenvalue weighted by molar-refractivity contribution is 6.07. The van der Waals surface area contributed by atoms with Gasteiger partial charge < -0.3 is 19.1 Å². The minimum absolute atomic E-state index is 0.0239. The second-order valence-electron chi connectivity index (χ2n) is 9.75. The molecule has 0 fully saturated rings. The Bertz CT molecular complexity index is 1550. The summed E-state index contributed by atoms with van der Waals surface area (Å²) < 4.78 is 16.7. The maximum atomic E-state index is 14.4. The van der Waals surface area contributed by atoms with Crippen LogP contribution in [-0.4, -0.2) is 50.2 Å². The van der Waals surface area contributed by atoms with E-state index in [1.54, 1.807) is 21.3 Å². The number of pyridine rings is 1. The van der Waals surface area contributed by atoms with E-state index in [0.717, 1.165) is 29.3 Å². The number of carbonyl (C=O) groups is 1. The number of fused-ring (bicyclic) bond motifs is 1. The molecule has 4 aromatic carbocycles. The molecule has 6 nitrogen and oxygen atoms in total. The molecule has 5 rings (SSSR count). The van der Waals surface area contributed by atoms with Gasteiger partial charge in [0.15, 0.2) is 11.5 Å². The van der Waals surface area contributed by atoms with Gasteiger partial charge in [0, 0.05) is 24.0 Å². The summed E-state index contributed by atoms with van der Waals surface area (Å²) in [6.07, 6.45) is 1.54. The molecular weight excluding hydrogens is 512 g/mol. The van der Waals surface area contributed by atoms with E-state index < -0.39 is 0 Å². The summed E-state index contributed by atoms with van der Waals surface area (Å²) in [5.41, 5.74) is 5.16. The SMILES string of the molecule is COc1cc(-c2cc(C(=O)N(CCc3ccccc3)CCc3ccccc3)c3ccccc3n2)cc(OC)c1OC. The standard InChI is InChI=1S/C35H34N2O4/c1-39-32-22-27(23-33(40-2)34(32)41-3)31-24-29(28-16-10-11-17-30(28)36-31)35(38)37(20-18-25-12-6-4-7-13-25)21-19-26-14-8-5-9-15-26/h4-17,22-24H,18-21H2,1-3H3. The predicted octanol–water partition coefficient (Wildman–Crippen LogP) is 6.86. The van der Waals surface area contributed by atoms with Crippen LogP contribution in [0.5, 0.6) is 17.2 Å². The van der Waals surface area contributed by atoms with Crippen molar-refractivity contribution in [3.63, 3.8) is 0 Å². The molecule has 0 radical (unpaired) electrons. The largest absolute Gasteiger partial charge is 0.493 e. The second kappa shape index (κ2) is 13.0. The van der Waals surface area contributed by atoms with Gasteiger partial charge in [0.25, 0.3) is 5.91 Å². The molecule has 6 heteroatoms. The van der Waals surface area contributed by atoms with Gasteiger partial charge >= 0.3 is 0 Å². The predicted molar refractivity (Wildman–Crippen MR) is 163 cm³/mol. The van der Waals surface area contributed by atoms with Crippen LogP contribution in [0, 0.1) is 0 Å². The van der Waals surface area contributed by atoms with Crippen LogP contribution in [0.3, 0.4) is 0 Å². The quantitative estimate of drug-likeness (QED) is 0.181. The number of benzene rings is 4. The third-order valence-electron chi connectivity index (χ3n) is 7.22. The lowest BCUT2D eigenvalue weighted by Gasteiger charge is -2.24. The van der Waals surface area contributed by atoms with Crippen molar-refractivity contribution >= 4 is 16.8 Å². The van der Waals surface area contributed by atoms with Gasteiger partial charge in [-0.05, 0) is 48.2 Å². The molecule has 1 aromatic heterocycles. The molecule has 0 spiro atoms. The van der Waals surface area contributed by atoms with Crippen molar-refractivity contribution in [1.82, 2.24) is 9.88 Å². The molecule has 208 valence electrons. The molecule has 1 amide bonds. The average molecular weight is 547 g/mol. The van der Waals surface area contributed by atoms with Gasteiger partial charge in [-0.15, -0.1) is 0 Å². The number of methoxy groups -OCH3 is 3. The number of para-hydroxylation sites is 1. The number of ether oxygens (including phenoxy) is 3. The van der Waals surface area contributed by atoms with Crippen LogP contribution in [0.1, 0.15) is 21.5 Å². The topological polar surface area (TPSA) is 60.9 Å². The van der Waals surface area contributed by atoms with Gasteiger partial charge in [0.2, 0.25) is 5.75 Å². The van der Waals surface area contributed by atoms with Gasteiger partial charge in [-0.3, -0.25) is 4.79 Å². The van der Waals surface area contributed by atoms with E-state index in [2.05, 4.69) is 24.3 Å². The fourth-order valence-corrected chi connectivity index (χ4v) is 5.03. The second-order valence-corrected chi connectivity index (χ2v) is 9.75. The number of nitrogens with zero attached hydrogens (tertiary/aromatic N) is 2. The molecule has 0 aliphatic carbocycles. The van der Waals surface area contributed by atoms with Crippen LogP contribution in [0.15, 0.2) is 103 Å². The molecule has 0 aliphatic heterocycles. The molecule has 0 aliphatic rings. The van der Waals surface area contributed by atoms with Crippen LogP contribution < -0.4 is 14.2 Å². The summed E-state index contributed by atoms with van der Waals surface area (Å²) >= 11 is 0. The number of aromatic nitrogens is 1. The van der Waals surface area contributed by atoms with Crippen LogP contribution >= 0.6 is 0 Å². The highest BCUT2D eigenvalue weighted by Crippen LogP contribution is 2.41. The van der Waals surface area contributed by atoms with Gasteiger partial charge in [-0.1, -0.05) is 78.9 Å². The molecule has 0 bridgehead atoms. The summed E-state index contributed by atoms with van der Waals surface area (Å²) in [4.78, 5) is 21.2. The lowest BCUT2D eigenvalue weighted by atomic mass is 10.0. The Hall–Kier alpha value is -4.84. The number of carbonyl (C=O) groups excluding carboxylic acids is 1. The number of hydrogen-bond donors (Lipinski definition) is 0. The highest BCUT2D eigenvalue weighted by atomic mass is 16.5. The minimum Gasteiger partial charge on any atom is -0.493 e. The first-order chi connectivity index (χ1) is 20.1. The van der Waals surface area contributed by atoms with Crippen LogP contribution in [0.25, 0.3) is 22.2 Å². The Morgan fingerprint density at radius 3 is 1.76 bits per heavy atom. The summed E-state index contributed by atoms with van der Waals surface area (Å²) in [5, 5.41) is 0.818. The van der Waals surface area contributed by atoms with E-state index in [1.165, 1.54) is 11.1 Å². The van der Waals surface area contributed by atoms with E-state index in [1.807, 2.05) is 83.8 Å². The Morgan fingerprint density at radius 1 is 0.683 bits per heavy atom. The van der Waals surface area contributed by atoms with Gasteiger partial charge in [0.05, 0.1) is 38.1 Å². The molecule has 0 saturated heterocycles. The van der Waals surface area contributed by atoms with Crippen molar-refractivity contribution in [3.8, 4) is 28.5 Å². The zero-order chi connectivity index (χ0) is 28.6. The summed E-state index contributed by atoms with van der Waals surface area (Å²) in [5.74, 6) is 1.53. The average Bonchev–Trinajstić information content (AvgIpc) is 3.04. The lowest BCUT2D eigenvalue weighted by molar-refractivity contribution is 0.0761. The molecule has 0 unspecified atom stereocenters. The summed E-state index contributed by atoms with van der Waals surface area (Å²) in [6.45, 7) is 1.21. The van der Waals surface area contributed by atoms with Crippen molar-refractivity contribution < 1.29 is 19.0 Å². The third kappa shape index (κ3) is 6.33. The molecule has 1 heterocycles. The van der Waals surface area contributed by atoms with Gasteiger partial charge in [0.1, 0.15) is 0 Å². The smallest absolute Gasteiger partial charge is 0.254 e. The van der Waals surface area contributed by atoms with Gasteiger partial charge in [-0.25, -0.2) is 4.98 Å². The fraction of sp³-hybridized carbons (Fsp3) is 0.200. The Labute approximate surface area is 241 Å². The highest BCUT2D eigenvalue weighted by Gasteiger charge is 2.22. The van der Waals surface area contributed by atoms with Crippen molar-refractivity contribution in [2.24, 2.45) is 0 Å². The minimum atomic E-state index is -0.0239. The molecule has 0 atom stereocenters. The molecular formula is C35H34N2O4. The normalized spacial score (nSPS) is 10.8. The van der Waals surface area contributed by atoms with Gasteiger partial charge in [-0.2, -0.15) is 0 Å². The van der Waals surface area contributed by atoms with E-state index in [-0.39, 0.29) is 5.91 Å². The maximum Gasteiger partial charge on any atom is 0.254 e. The zero-order valence-electron chi connectivity index (χ0n) is 23.7. The van der Waals surface area contributed by atoms with Crippen LogP contribution in [0.4, 0.5) is 0 Å². The van der Waals surface area contributed by atoms with Crippen molar-refractivity contribution in [2.75, 3.05) is 34.4 Å². The van der Waals surface area contributed by atoms with E-state index in [9.17, 15) is 4.79 Å².